The maximum Gasteiger partial charge on any atom is 0.185 e. The molecule has 1 aliphatic rings. The van der Waals surface area contributed by atoms with Crippen LogP contribution < -0.4 is 10.2 Å². The van der Waals surface area contributed by atoms with Crippen molar-refractivity contribution in [2.24, 2.45) is 0 Å². The van der Waals surface area contributed by atoms with Crippen LogP contribution in [-0.4, -0.2) is 23.6 Å². The van der Waals surface area contributed by atoms with Gasteiger partial charge in [-0.15, -0.1) is 11.3 Å². The number of aryl methyl sites for hydroxylation is 1. The zero-order valence-corrected chi connectivity index (χ0v) is 15.1. The molecule has 3 nitrogen and oxygen atoms in total. The van der Waals surface area contributed by atoms with Gasteiger partial charge in [0.25, 0.3) is 0 Å². The summed E-state index contributed by atoms with van der Waals surface area (Å²) in [7, 11) is 2.23. The van der Waals surface area contributed by atoms with E-state index in [1.807, 2.05) is 11.3 Å². The summed E-state index contributed by atoms with van der Waals surface area (Å²) < 4.78 is 0. The Labute approximate surface area is 134 Å². The number of hydrogen-bond acceptors (Lipinski definition) is 4. The van der Waals surface area contributed by atoms with Crippen molar-refractivity contribution in [3.8, 4) is 0 Å². The van der Waals surface area contributed by atoms with Crippen LogP contribution in [0.5, 0.6) is 0 Å². The van der Waals surface area contributed by atoms with Gasteiger partial charge < -0.3 is 10.2 Å². The monoisotopic (exact) mass is 309 g/mol. The van der Waals surface area contributed by atoms with Gasteiger partial charge in [0.2, 0.25) is 0 Å². The van der Waals surface area contributed by atoms with Crippen LogP contribution in [0.2, 0.25) is 0 Å². The Morgan fingerprint density at radius 2 is 1.81 bits per heavy atom. The maximum atomic E-state index is 4.82. The van der Waals surface area contributed by atoms with E-state index in [1.54, 1.807) is 0 Å². The highest BCUT2D eigenvalue weighted by Crippen LogP contribution is 2.30. The summed E-state index contributed by atoms with van der Waals surface area (Å²) in [5, 5.41) is 4.77. The minimum atomic E-state index is 0.157. The average molecular weight is 310 g/mol. The minimum absolute atomic E-state index is 0.157. The summed E-state index contributed by atoms with van der Waals surface area (Å²) in [6.45, 7) is 9.69. The van der Waals surface area contributed by atoms with Crippen LogP contribution >= 0.6 is 11.3 Å². The molecule has 0 unspecified atom stereocenters. The fraction of sp³-hybridized carbons (Fsp3) is 0.824. The molecule has 4 heteroatoms. The van der Waals surface area contributed by atoms with E-state index in [0.717, 1.165) is 6.54 Å². The smallest absolute Gasteiger partial charge is 0.185 e. The average Bonchev–Trinajstić information content (AvgIpc) is 2.63. The lowest BCUT2D eigenvalue weighted by molar-refractivity contribution is 0.425. The van der Waals surface area contributed by atoms with E-state index >= 15 is 0 Å². The fourth-order valence-corrected chi connectivity index (χ4v) is 3.91. The molecule has 21 heavy (non-hydrogen) atoms. The Bertz CT molecular complexity index is 439. The fourth-order valence-electron chi connectivity index (χ4n) is 2.87. The van der Waals surface area contributed by atoms with Crippen LogP contribution in [0.25, 0.3) is 0 Å². The third-order valence-electron chi connectivity index (χ3n) is 4.33. The van der Waals surface area contributed by atoms with Gasteiger partial charge >= 0.3 is 0 Å². The molecule has 0 saturated heterocycles. The van der Waals surface area contributed by atoms with Gasteiger partial charge in [-0.25, -0.2) is 4.98 Å². The molecule has 1 aromatic rings. The zero-order chi connectivity index (χ0) is 15.5. The predicted molar refractivity (Wildman–Crippen MR) is 93.3 cm³/mol. The summed E-state index contributed by atoms with van der Waals surface area (Å²) in [5.41, 5.74) is 1.34. The second kappa shape index (κ2) is 7.10. The quantitative estimate of drug-likeness (QED) is 0.830. The van der Waals surface area contributed by atoms with Crippen LogP contribution in [0.3, 0.4) is 0 Å². The number of hydrogen-bond donors (Lipinski definition) is 1. The van der Waals surface area contributed by atoms with Crippen LogP contribution in [0.4, 0.5) is 5.13 Å². The van der Waals surface area contributed by atoms with Crippen molar-refractivity contribution in [1.82, 2.24) is 10.3 Å². The summed E-state index contributed by atoms with van der Waals surface area (Å²) in [6.07, 6.45) is 8.20. The van der Waals surface area contributed by atoms with E-state index in [-0.39, 0.29) is 5.54 Å². The molecular formula is C17H31N3S. The summed E-state index contributed by atoms with van der Waals surface area (Å²) >= 11 is 1.86. The molecule has 120 valence electrons. The van der Waals surface area contributed by atoms with Gasteiger partial charge in [-0.2, -0.15) is 0 Å². The van der Waals surface area contributed by atoms with Gasteiger partial charge in [-0.05, 0) is 40.5 Å². The summed E-state index contributed by atoms with van der Waals surface area (Å²) in [6, 6.07) is 0.682. The minimum Gasteiger partial charge on any atom is -0.348 e. The topological polar surface area (TPSA) is 28.2 Å². The largest absolute Gasteiger partial charge is 0.348 e. The molecule has 0 aliphatic heterocycles. The van der Waals surface area contributed by atoms with Gasteiger partial charge in [-0.3, -0.25) is 0 Å². The van der Waals surface area contributed by atoms with Crippen molar-refractivity contribution in [2.75, 3.05) is 11.9 Å². The number of nitrogens with zero attached hydrogens (tertiary/aromatic N) is 2. The molecule has 2 rings (SSSR count). The molecule has 1 N–H and O–H groups in total. The van der Waals surface area contributed by atoms with Crippen molar-refractivity contribution >= 4 is 16.5 Å². The standard InChI is InChI=1S/C17H31N3S/c1-13-15(12-18-17(2,3)4)21-16(19-13)20(5)14-10-8-6-7-9-11-14/h14,18H,6-12H2,1-5H3. The first-order chi connectivity index (χ1) is 9.87. The van der Waals surface area contributed by atoms with Gasteiger partial charge in [0, 0.05) is 30.1 Å². The second-order valence-electron chi connectivity index (χ2n) is 7.36. The lowest BCUT2D eigenvalue weighted by atomic mass is 10.1. The van der Waals surface area contributed by atoms with Crippen LogP contribution in [0, 0.1) is 6.92 Å². The van der Waals surface area contributed by atoms with Crippen LogP contribution in [0.15, 0.2) is 0 Å². The lowest BCUT2D eigenvalue weighted by Crippen LogP contribution is -2.34. The van der Waals surface area contributed by atoms with E-state index in [1.165, 1.54) is 54.2 Å². The van der Waals surface area contributed by atoms with E-state index in [2.05, 4.69) is 45.0 Å². The first-order valence-electron chi connectivity index (χ1n) is 8.31. The lowest BCUT2D eigenvalue weighted by Gasteiger charge is -2.26. The van der Waals surface area contributed by atoms with Crippen molar-refractivity contribution in [1.29, 1.82) is 0 Å². The molecule has 1 aromatic heterocycles. The Hall–Kier alpha value is -0.610. The Kier molecular flexibility index (Phi) is 5.67. The third-order valence-corrected chi connectivity index (χ3v) is 5.58. The van der Waals surface area contributed by atoms with E-state index in [0.29, 0.717) is 6.04 Å². The normalized spacial score (nSPS) is 17.8. The molecular weight excluding hydrogens is 278 g/mol. The van der Waals surface area contributed by atoms with Gasteiger partial charge in [0.1, 0.15) is 0 Å². The molecule has 1 heterocycles. The summed E-state index contributed by atoms with van der Waals surface area (Å²) in [5.74, 6) is 0. The summed E-state index contributed by atoms with van der Waals surface area (Å²) in [4.78, 5) is 8.63. The zero-order valence-electron chi connectivity index (χ0n) is 14.3. The SMILES string of the molecule is Cc1nc(N(C)C2CCCCCC2)sc1CNC(C)(C)C. The van der Waals surface area contributed by atoms with E-state index < -0.39 is 0 Å². The number of thiazole rings is 1. The van der Waals surface area contributed by atoms with Crippen molar-refractivity contribution in [2.45, 2.75) is 84.3 Å². The van der Waals surface area contributed by atoms with Gasteiger partial charge in [-0.1, -0.05) is 25.7 Å². The highest BCUT2D eigenvalue weighted by Gasteiger charge is 2.21. The highest BCUT2D eigenvalue weighted by molar-refractivity contribution is 7.15. The number of rotatable bonds is 4. The van der Waals surface area contributed by atoms with Gasteiger partial charge in [0.05, 0.1) is 5.69 Å². The molecule has 0 atom stereocenters. The highest BCUT2D eigenvalue weighted by atomic mass is 32.1. The number of nitrogens with one attached hydrogen (secondary N) is 1. The van der Waals surface area contributed by atoms with E-state index in [9.17, 15) is 0 Å². The molecule has 0 amide bonds. The molecule has 0 radical (unpaired) electrons. The van der Waals surface area contributed by atoms with Crippen molar-refractivity contribution in [3.05, 3.63) is 10.6 Å². The second-order valence-corrected chi connectivity index (χ2v) is 8.43. The van der Waals surface area contributed by atoms with Crippen molar-refractivity contribution in [3.63, 3.8) is 0 Å². The molecule has 1 aliphatic carbocycles. The molecule has 0 bridgehead atoms. The Balaban J connectivity index is 2.02. The van der Waals surface area contributed by atoms with Crippen LogP contribution in [0.1, 0.15) is 69.9 Å². The third kappa shape index (κ3) is 4.96. The maximum absolute atomic E-state index is 4.82. The van der Waals surface area contributed by atoms with Gasteiger partial charge in [0.15, 0.2) is 5.13 Å². The Morgan fingerprint density at radius 1 is 1.19 bits per heavy atom. The molecule has 1 saturated carbocycles. The molecule has 0 spiro atoms. The predicted octanol–water partition coefficient (Wildman–Crippen LogP) is 4.50. The van der Waals surface area contributed by atoms with Crippen LogP contribution in [-0.2, 0) is 6.54 Å². The Morgan fingerprint density at radius 3 is 2.38 bits per heavy atom. The van der Waals surface area contributed by atoms with Crippen molar-refractivity contribution < 1.29 is 0 Å². The molecule has 1 fully saturated rings. The van der Waals surface area contributed by atoms with E-state index in [4.69, 9.17) is 4.98 Å². The molecule has 0 aromatic carbocycles. The first-order valence-corrected chi connectivity index (χ1v) is 9.12. The first kappa shape index (κ1) is 16.8. The number of anilines is 1. The number of aromatic nitrogens is 1.